The van der Waals surface area contributed by atoms with Crippen LogP contribution in [0.25, 0.3) is 0 Å². The molecule has 1 saturated carbocycles. The number of hydrogen-bond donors (Lipinski definition) is 1. The molecule has 1 aliphatic rings. The van der Waals surface area contributed by atoms with Crippen molar-refractivity contribution in [2.24, 2.45) is 0 Å². The second-order valence-corrected chi connectivity index (χ2v) is 8.49. The summed E-state index contributed by atoms with van der Waals surface area (Å²) in [5.74, 6) is -1.28. The minimum absolute atomic E-state index is 0.0246. The van der Waals surface area contributed by atoms with E-state index in [-0.39, 0.29) is 24.2 Å². The Kier molecular flexibility index (Phi) is 8.15. The lowest BCUT2D eigenvalue weighted by atomic mass is 10.1. The van der Waals surface area contributed by atoms with Gasteiger partial charge in [0.25, 0.3) is 5.91 Å². The van der Waals surface area contributed by atoms with Crippen LogP contribution in [0.4, 0.5) is 4.39 Å². The number of para-hydroxylation sites is 1. The molecule has 0 bridgehead atoms. The zero-order valence-electron chi connectivity index (χ0n) is 17.2. The van der Waals surface area contributed by atoms with E-state index >= 15 is 0 Å². The summed E-state index contributed by atoms with van der Waals surface area (Å²) in [5.41, 5.74) is 0.644. The normalized spacial score (nSPS) is 14.8. The Bertz CT molecular complexity index is 935. The van der Waals surface area contributed by atoms with Gasteiger partial charge in [0.2, 0.25) is 5.91 Å². The lowest BCUT2D eigenvalue weighted by molar-refractivity contribution is -0.142. The molecule has 0 radical (unpaired) electrons. The van der Waals surface area contributed by atoms with E-state index in [4.69, 9.17) is 27.9 Å². The van der Waals surface area contributed by atoms with Crippen LogP contribution in [-0.2, 0) is 16.1 Å². The van der Waals surface area contributed by atoms with E-state index in [1.165, 1.54) is 23.1 Å². The number of amides is 2. The zero-order chi connectivity index (χ0) is 22.4. The highest BCUT2D eigenvalue weighted by molar-refractivity contribution is 6.35. The van der Waals surface area contributed by atoms with Gasteiger partial charge in [0, 0.05) is 22.6 Å². The van der Waals surface area contributed by atoms with Gasteiger partial charge in [-0.1, -0.05) is 54.2 Å². The van der Waals surface area contributed by atoms with Crippen LogP contribution in [-0.4, -0.2) is 35.4 Å². The van der Waals surface area contributed by atoms with Crippen molar-refractivity contribution >= 4 is 35.0 Å². The highest BCUT2D eigenvalue weighted by atomic mass is 35.5. The van der Waals surface area contributed by atoms with Crippen LogP contribution in [0.2, 0.25) is 10.0 Å². The van der Waals surface area contributed by atoms with Crippen LogP contribution in [0.15, 0.2) is 42.5 Å². The lowest BCUT2D eigenvalue weighted by Gasteiger charge is -2.30. The summed E-state index contributed by atoms with van der Waals surface area (Å²) in [6.07, 6.45) is 4.04. The van der Waals surface area contributed by atoms with Crippen molar-refractivity contribution in [2.45, 2.75) is 51.2 Å². The van der Waals surface area contributed by atoms with E-state index < -0.39 is 24.4 Å². The van der Waals surface area contributed by atoms with E-state index in [1.807, 2.05) is 0 Å². The Morgan fingerprint density at radius 3 is 2.58 bits per heavy atom. The molecule has 2 aromatic carbocycles. The Balaban J connectivity index is 1.75. The third-order valence-corrected chi connectivity index (χ3v) is 6.00. The summed E-state index contributed by atoms with van der Waals surface area (Å²) in [6.45, 7) is 1.34. The fourth-order valence-electron chi connectivity index (χ4n) is 3.59. The SMILES string of the molecule is CC(C(=O)NC1CCCC1)N(Cc1ccc(Cl)cc1Cl)C(=O)COc1ccccc1F. The number of rotatable bonds is 8. The van der Waals surface area contributed by atoms with Gasteiger partial charge in [-0.25, -0.2) is 4.39 Å². The predicted octanol–water partition coefficient (Wildman–Crippen LogP) is 4.99. The van der Waals surface area contributed by atoms with E-state index in [0.29, 0.717) is 15.6 Å². The molecule has 166 valence electrons. The van der Waals surface area contributed by atoms with Gasteiger partial charge in [0.05, 0.1) is 0 Å². The van der Waals surface area contributed by atoms with Crippen molar-refractivity contribution < 1.29 is 18.7 Å². The number of carbonyl (C=O) groups is 2. The Labute approximate surface area is 191 Å². The molecule has 5 nitrogen and oxygen atoms in total. The average molecular weight is 467 g/mol. The van der Waals surface area contributed by atoms with Gasteiger partial charge < -0.3 is 15.0 Å². The van der Waals surface area contributed by atoms with E-state index in [2.05, 4.69) is 5.32 Å². The van der Waals surface area contributed by atoms with Gasteiger partial charge in [0.1, 0.15) is 6.04 Å². The van der Waals surface area contributed by atoms with Gasteiger partial charge >= 0.3 is 0 Å². The molecule has 8 heteroatoms. The minimum atomic E-state index is -0.760. The van der Waals surface area contributed by atoms with Crippen LogP contribution < -0.4 is 10.1 Å². The molecular weight excluding hydrogens is 442 g/mol. The number of nitrogens with one attached hydrogen (secondary N) is 1. The molecule has 0 aliphatic heterocycles. The summed E-state index contributed by atoms with van der Waals surface area (Å²) in [5, 5.41) is 3.88. The van der Waals surface area contributed by atoms with Gasteiger partial charge in [-0.15, -0.1) is 0 Å². The van der Waals surface area contributed by atoms with Gasteiger partial charge in [-0.3, -0.25) is 9.59 Å². The van der Waals surface area contributed by atoms with Crippen LogP contribution in [0.3, 0.4) is 0 Å². The van der Waals surface area contributed by atoms with Crippen molar-refractivity contribution in [1.29, 1.82) is 0 Å². The van der Waals surface area contributed by atoms with E-state index in [9.17, 15) is 14.0 Å². The largest absolute Gasteiger partial charge is 0.481 e. The maximum Gasteiger partial charge on any atom is 0.261 e. The number of halogens is 3. The summed E-state index contributed by atoms with van der Waals surface area (Å²) >= 11 is 12.3. The van der Waals surface area contributed by atoms with Crippen molar-refractivity contribution in [3.05, 3.63) is 63.9 Å². The van der Waals surface area contributed by atoms with Crippen LogP contribution in [0.5, 0.6) is 5.75 Å². The van der Waals surface area contributed by atoms with E-state index in [1.54, 1.807) is 31.2 Å². The predicted molar refractivity (Wildman–Crippen MR) is 119 cm³/mol. The first-order valence-corrected chi connectivity index (χ1v) is 11.0. The first-order chi connectivity index (χ1) is 14.8. The van der Waals surface area contributed by atoms with Crippen LogP contribution in [0, 0.1) is 5.82 Å². The third kappa shape index (κ3) is 6.34. The first-order valence-electron chi connectivity index (χ1n) is 10.3. The molecule has 2 amide bonds. The Morgan fingerprint density at radius 1 is 1.19 bits per heavy atom. The maximum absolute atomic E-state index is 13.8. The van der Waals surface area contributed by atoms with Crippen molar-refractivity contribution in [1.82, 2.24) is 10.2 Å². The second-order valence-electron chi connectivity index (χ2n) is 7.64. The average Bonchev–Trinajstić information content (AvgIpc) is 3.25. The quantitative estimate of drug-likeness (QED) is 0.596. The third-order valence-electron chi connectivity index (χ3n) is 5.41. The fraction of sp³-hybridized carbons (Fsp3) is 0.391. The molecule has 0 spiro atoms. The summed E-state index contributed by atoms with van der Waals surface area (Å²) in [4.78, 5) is 27.3. The van der Waals surface area contributed by atoms with Crippen molar-refractivity contribution in [3.63, 3.8) is 0 Å². The standard InChI is InChI=1S/C23H25Cl2FN2O3/c1-15(23(30)27-18-6-2-3-7-18)28(13-16-10-11-17(24)12-19(16)25)22(29)14-31-21-9-5-4-8-20(21)26/h4-5,8-12,15,18H,2-3,6-7,13-14H2,1H3,(H,27,30). The molecule has 0 saturated heterocycles. The van der Waals surface area contributed by atoms with E-state index in [0.717, 1.165) is 25.7 Å². The summed E-state index contributed by atoms with van der Waals surface area (Å²) in [7, 11) is 0. The maximum atomic E-state index is 13.8. The van der Waals surface area contributed by atoms with Gasteiger partial charge in [-0.2, -0.15) is 0 Å². The monoisotopic (exact) mass is 466 g/mol. The number of hydrogen-bond acceptors (Lipinski definition) is 3. The number of carbonyl (C=O) groups excluding carboxylic acids is 2. The second kappa shape index (κ2) is 10.8. The smallest absolute Gasteiger partial charge is 0.261 e. The molecular formula is C23H25Cl2FN2O3. The molecule has 1 aliphatic carbocycles. The first kappa shape index (κ1) is 23.4. The highest BCUT2D eigenvalue weighted by Crippen LogP contribution is 2.24. The van der Waals surface area contributed by atoms with Crippen LogP contribution in [0.1, 0.15) is 38.2 Å². The molecule has 1 unspecified atom stereocenters. The van der Waals surface area contributed by atoms with Gasteiger partial charge in [0.15, 0.2) is 18.2 Å². The highest BCUT2D eigenvalue weighted by Gasteiger charge is 2.29. The summed E-state index contributed by atoms with van der Waals surface area (Å²) in [6, 6.07) is 10.2. The molecule has 0 aromatic heterocycles. The molecule has 2 aromatic rings. The topological polar surface area (TPSA) is 58.6 Å². The number of ether oxygens (including phenoxy) is 1. The molecule has 1 atom stereocenters. The number of benzene rings is 2. The zero-order valence-corrected chi connectivity index (χ0v) is 18.8. The molecule has 31 heavy (non-hydrogen) atoms. The lowest BCUT2D eigenvalue weighted by Crippen LogP contribution is -2.50. The number of nitrogens with zero attached hydrogens (tertiary/aromatic N) is 1. The Hall–Kier alpha value is -2.31. The molecule has 3 rings (SSSR count). The van der Waals surface area contributed by atoms with Crippen LogP contribution >= 0.6 is 23.2 Å². The van der Waals surface area contributed by atoms with Crippen molar-refractivity contribution in [3.8, 4) is 5.75 Å². The fourth-order valence-corrected chi connectivity index (χ4v) is 4.06. The summed E-state index contributed by atoms with van der Waals surface area (Å²) < 4.78 is 19.2. The minimum Gasteiger partial charge on any atom is -0.481 e. The van der Waals surface area contributed by atoms with Gasteiger partial charge in [-0.05, 0) is 49.6 Å². The Morgan fingerprint density at radius 2 is 1.90 bits per heavy atom. The van der Waals surface area contributed by atoms with Crippen molar-refractivity contribution in [2.75, 3.05) is 6.61 Å². The molecule has 1 fully saturated rings. The molecule has 1 N–H and O–H groups in total. The molecule has 0 heterocycles.